The Morgan fingerprint density at radius 3 is 2.89 bits per heavy atom. The van der Waals surface area contributed by atoms with E-state index in [0.717, 1.165) is 10.0 Å². The summed E-state index contributed by atoms with van der Waals surface area (Å²) in [7, 11) is 0. The minimum atomic E-state index is -1.12. The lowest BCUT2D eigenvalue weighted by Gasteiger charge is -2.23. The molecule has 27 heavy (non-hydrogen) atoms. The van der Waals surface area contributed by atoms with Crippen molar-refractivity contribution in [3.63, 3.8) is 0 Å². The average Bonchev–Trinajstić information content (AvgIpc) is 3.10. The van der Waals surface area contributed by atoms with Gasteiger partial charge in [-0.05, 0) is 46.3 Å². The predicted octanol–water partition coefficient (Wildman–Crippen LogP) is 4.60. The first kappa shape index (κ1) is 17.7. The van der Waals surface area contributed by atoms with Gasteiger partial charge in [0, 0.05) is 22.2 Å². The fraction of sp³-hybridized carbons (Fsp3) is 0.0526. The first-order valence-electron chi connectivity index (χ1n) is 7.92. The minimum Gasteiger partial charge on any atom is -0.478 e. The van der Waals surface area contributed by atoms with Crippen LogP contribution in [-0.4, -0.2) is 27.5 Å². The lowest BCUT2D eigenvalue weighted by Crippen LogP contribution is -2.21. The summed E-state index contributed by atoms with van der Waals surface area (Å²) in [5, 5.41) is 24.9. The van der Waals surface area contributed by atoms with Crippen LogP contribution in [0, 0.1) is 0 Å². The number of carboxylic acids is 1. The number of aliphatic hydroxyl groups excluding tert-OH is 1. The molecule has 0 saturated heterocycles. The van der Waals surface area contributed by atoms with Crippen molar-refractivity contribution in [1.29, 1.82) is 0 Å². The van der Waals surface area contributed by atoms with E-state index >= 15 is 0 Å². The fourth-order valence-electron chi connectivity index (χ4n) is 2.70. The zero-order valence-electron chi connectivity index (χ0n) is 13.7. The van der Waals surface area contributed by atoms with Gasteiger partial charge >= 0.3 is 5.97 Å². The minimum absolute atomic E-state index is 0.192. The van der Waals surface area contributed by atoms with Gasteiger partial charge in [0.15, 0.2) is 5.13 Å². The van der Waals surface area contributed by atoms with Gasteiger partial charge in [-0.3, -0.25) is 0 Å². The number of anilines is 2. The third-order valence-corrected chi connectivity index (χ3v) is 5.35. The quantitative estimate of drug-likeness (QED) is 0.544. The first-order chi connectivity index (χ1) is 13.0. The number of nitrogens with one attached hydrogen (secondary N) is 1. The largest absolute Gasteiger partial charge is 0.478 e. The number of aliphatic hydroxyl groups is 1. The van der Waals surface area contributed by atoms with Gasteiger partial charge in [-0.15, -0.1) is 11.3 Å². The maximum absolute atomic E-state index is 11.1. The number of rotatable bonds is 4. The highest BCUT2D eigenvalue weighted by Gasteiger charge is 2.25. The highest BCUT2D eigenvalue weighted by atomic mass is 79.9. The average molecular weight is 445 g/mol. The Kier molecular flexibility index (Phi) is 4.69. The van der Waals surface area contributed by atoms with E-state index in [1.807, 2.05) is 29.7 Å². The van der Waals surface area contributed by atoms with Crippen LogP contribution < -0.4 is 10.1 Å². The van der Waals surface area contributed by atoms with Gasteiger partial charge in [0.2, 0.25) is 6.29 Å². The van der Waals surface area contributed by atoms with Gasteiger partial charge in [-0.2, -0.15) is 0 Å². The molecule has 1 aliphatic heterocycles. The van der Waals surface area contributed by atoms with E-state index in [0.29, 0.717) is 27.8 Å². The van der Waals surface area contributed by atoms with Crippen molar-refractivity contribution < 1.29 is 19.7 Å². The van der Waals surface area contributed by atoms with Crippen molar-refractivity contribution in [1.82, 2.24) is 4.98 Å². The van der Waals surface area contributed by atoms with Crippen molar-refractivity contribution in [2.24, 2.45) is 0 Å². The number of aromatic carboxylic acids is 1. The third kappa shape index (κ3) is 3.59. The van der Waals surface area contributed by atoms with Crippen LogP contribution in [0.4, 0.5) is 10.8 Å². The topological polar surface area (TPSA) is 91.7 Å². The molecule has 1 unspecified atom stereocenters. The van der Waals surface area contributed by atoms with Crippen LogP contribution in [0.5, 0.6) is 5.75 Å². The van der Waals surface area contributed by atoms with Gasteiger partial charge in [0.25, 0.3) is 0 Å². The number of carboxylic acid groups (broad SMARTS) is 1. The summed E-state index contributed by atoms with van der Waals surface area (Å²) in [4.78, 5) is 15.6. The number of hydrogen-bond acceptors (Lipinski definition) is 6. The van der Waals surface area contributed by atoms with E-state index in [4.69, 9.17) is 9.84 Å². The second-order valence-corrected chi connectivity index (χ2v) is 7.49. The molecule has 6 nitrogen and oxygen atoms in total. The zero-order chi connectivity index (χ0) is 19.0. The lowest BCUT2D eigenvalue weighted by molar-refractivity contribution is 0.0311. The number of fused-ring (bicyclic) bond motifs is 1. The smallest absolute Gasteiger partial charge is 0.335 e. The summed E-state index contributed by atoms with van der Waals surface area (Å²) >= 11 is 4.76. The molecule has 2 heterocycles. The fourth-order valence-corrected chi connectivity index (χ4v) is 3.91. The van der Waals surface area contributed by atoms with Crippen molar-refractivity contribution in [2.45, 2.75) is 6.29 Å². The van der Waals surface area contributed by atoms with E-state index < -0.39 is 12.3 Å². The monoisotopic (exact) mass is 444 g/mol. The van der Waals surface area contributed by atoms with E-state index in [2.05, 4.69) is 26.2 Å². The molecule has 4 rings (SSSR count). The molecule has 1 atom stereocenters. The van der Waals surface area contributed by atoms with Crippen molar-refractivity contribution in [2.75, 3.05) is 5.32 Å². The highest BCUT2D eigenvalue weighted by molar-refractivity contribution is 9.10. The molecule has 3 aromatic rings. The van der Waals surface area contributed by atoms with Gasteiger partial charge in [-0.1, -0.05) is 18.2 Å². The Balaban J connectivity index is 1.61. The number of nitrogens with zero attached hydrogens (tertiary/aromatic N) is 1. The number of thiazole rings is 1. The van der Waals surface area contributed by atoms with E-state index in [-0.39, 0.29) is 5.56 Å². The molecule has 136 valence electrons. The number of carbonyl (C=O) groups is 1. The van der Waals surface area contributed by atoms with E-state index in [1.54, 1.807) is 12.1 Å². The maximum Gasteiger partial charge on any atom is 0.335 e. The highest BCUT2D eigenvalue weighted by Crippen LogP contribution is 2.39. The number of halogens is 1. The summed E-state index contributed by atoms with van der Waals surface area (Å²) in [6, 6.07) is 12.1. The van der Waals surface area contributed by atoms with Crippen molar-refractivity contribution in [3.8, 4) is 5.75 Å². The molecule has 2 aromatic carbocycles. The second kappa shape index (κ2) is 7.15. The van der Waals surface area contributed by atoms with E-state index in [9.17, 15) is 9.90 Å². The molecule has 0 spiro atoms. The summed E-state index contributed by atoms with van der Waals surface area (Å²) in [5.74, 6) is -0.399. The summed E-state index contributed by atoms with van der Waals surface area (Å²) in [5.41, 5.74) is 2.82. The van der Waals surface area contributed by atoms with Gasteiger partial charge in [0.05, 0.1) is 15.7 Å². The molecule has 0 bridgehead atoms. The Morgan fingerprint density at radius 1 is 1.26 bits per heavy atom. The molecule has 3 N–H and O–H groups in total. The molecule has 8 heteroatoms. The third-order valence-electron chi connectivity index (χ3n) is 3.96. The summed E-state index contributed by atoms with van der Waals surface area (Å²) in [6.07, 6.45) is 0.722. The molecule has 0 saturated carbocycles. The second-order valence-electron chi connectivity index (χ2n) is 5.78. The van der Waals surface area contributed by atoms with Crippen LogP contribution in [-0.2, 0) is 0 Å². The van der Waals surface area contributed by atoms with Gasteiger partial charge in [0.1, 0.15) is 5.75 Å². The number of benzene rings is 2. The number of para-hydroxylation sites is 1. The summed E-state index contributed by atoms with van der Waals surface area (Å²) in [6.45, 7) is 0. The van der Waals surface area contributed by atoms with Crippen LogP contribution >= 0.6 is 27.3 Å². The zero-order valence-corrected chi connectivity index (χ0v) is 16.1. The van der Waals surface area contributed by atoms with Gasteiger partial charge in [-0.25, -0.2) is 9.78 Å². The van der Waals surface area contributed by atoms with E-state index in [1.165, 1.54) is 23.5 Å². The normalized spacial score (nSPS) is 15.5. The Labute approximate surface area is 166 Å². The number of hydrogen-bond donors (Lipinski definition) is 3. The van der Waals surface area contributed by atoms with Gasteiger partial charge < -0.3 is 20.3 Å². The predicted molar refractivity (Wildman–Crippen MR) is 107 cm³/mol. The van der Waals surface area contributed by atoms with Crippen molar-refractivity contribution >= 4 is 55.7 Å². The standard InChI is InChI=1S/C19H13BrN2O4S/c20-14-6-2-3-10-8-13(18(25)26-16(10)14)15-9-27-19(22-15)21-12-5-1-4-11(7-12)17(23)24/h1-9,18,25H,(H,21,22)(H,23,24). The summed E-state index contributed by atoms with van der Waals surface area (Å²) < 4.78 is 6.39. The number of aromatic nitrogens is 1. The molecule has 1 aromatic heterocycles. The van der Waals surface area contributed by atoms with Crippen molar-refractivity contribution in [3.05, 3.63) is 69.1 Å². The molecule has 1 aliphatic rings. The van der Waals surface area contributed by atoms with Crippen LogP contribution in [0.15, 0.2) is 52.3 Å². The molecule has 0 amide bonds. The SMILES string of the molecule is O=C(O)c1cccc(Nc2nc(C3=Cc4cccc(Br)c4OC3O)cs2)c1. The van der Waals surface area contributed by atoms with Crippen LogP contribution in [0.2, 0.25) is 0 Å². The van der Waals surface area contributed by atoms with Crippen LogP contribution in [0.1, 0.15) is 21.6 Å². The first-order valence-corrected chi connectivity index (χ1v) is 9.59. The lowest BCUT2D eigenvalue weighted by atomic mass is 10.0. The molecule has 0 fully saturated rings. The molecular formula is C19H13BrN2O4S. The Morgan fingerprint density at radius 2 is 2.07 bits per heavy atom. The Bertz CT molecular complexity index is 1060. The van der Waals surface area contributed by atoms with Crippen LogP contribution in [0.3, 0.4) is 0 Å². The maximum atomic E-state index is 11.1. The number of ether oxygens (including phenoxy) is 1. The molecule has 0 radical (unpaired) electrons. The van der Waals surface area contributed by atoms with Crippen LogP contribution in [0.25, 0.3) is 11.6 Å². The molecule has 0 aliphatic carbocycles. The Hall–Kier alpha value is -2.68. The molecular weight excluding hydrogens is 432 g/mol.